The van der Waals surface area contributed by atoms with Crippen LogP contribution in [0.1, 0.15) is 28.6 Å². The normalized spacial score (nSPS) is 15.4. The second-order valence-electron chi connectivity index (χ2n) is 7.42. The molecule has 2 heterocycles. The number of carbonyl (C=O) groups is 1. The van der Waals surface area contributed by atoms with Crippen LogP contribution in [0.5, 0.6) is 5.75 Å². The van der Waals surface area contributed by atoms with Crippen molar-refractivity contribution in [3.8, 4) is 5.75 Å². The molecule has 0 N–H and O–H groups in total. The molecule has 0 bridgehead atoms. The van der Waals surface area contributed by atoms with E-state index in [1.54, 1.807) is 15.6 Å². The lowest BCUT2D eigenvalue weighted by Gasteiger charge is -2.35. The highest BCUT2D eigenvalue weighted by molar-refractivity contribution is 5.75. The quantitative estimate of drug-likeness (QED) is 0.479. The second-order valence-corrected chi connectivity index (χ2v) is 7.42. The Morgan fingerprint density at radius 2 is 1.52 bits per heavy atom. The van der Waals surface area contributed by atoms with Gasteiger partial charge in [-0.1, -0.05) is 78.9 Å². The van der Waals surface area contributed by atoms with Crippen molar-refractivity contribution in [2.24, 2.45) is 0 Å². The van der Waals surface area contributed by atoms with E-state index in [2.05, 4.69) is 27.7 Å². The number of benzene rings is 3. The van der Waals surface area contributed by atoms with Crippen molar-refractivity contribution in [2.75, 3.05) is 0 Å². The average Bonchev–Trinajstić information content (AvgIpc) is 3.28. The van der Waals surface area contributed by atoms with Gasteiger partial charge in [0, 0.05) is 12.1 Å². The molecule has 5 rings (SSSR count). The summed E-state index contributed by atoms with van der Waals surface area (Å²) in [7, 11) is 0. The Hall–Kier alpha value is -4.00. The molecule has 0 unspecified atom stereocenters. The van der Waals surface area contributed by atoms with Gasteiger partial charge in [0.2, 0.25) is 0 Å². The Morgan fingerprint density at radius 3 is 2.29 bits per heavy atom. The number of tetrazole rings is 1. The van der Waals surface area contributed by atoms with Gasteiger partial charge in [0.1, 0.15) is 11.8 Å². The minimum absolute atomic E-state index is 0.393. The second kappa shape index (κ2) is 8.39. The van der Waals surface area contributed by atoms with E-state index in [0.29, 0.717) is 24.7 Å². The van der Waals surface area contributed by atoms with Crippen LogP contribution in [0.25, 0.3) is 0 Å². The SMILES string of the molecule is O=C1Oc2ccccc2[C@H](c2nnnn2CCc2ccccc2)N1Cc1ccccc1. The minimum atomic E-state index is -0.441. The Balaban J connectivity index is 1.51. The minimum Gasteiger partial charge on any atom is -0.410 e. The van der Waals surface area contributed by atoms with Crippen molar-refractivity contribution >= 4 is 6.09 Å². The third kappa shape index (κ3) is 3.90. The number of aryl methyl sites for hydroxylation is 2. The van der Waals surface area contributed by atoms with Gasteiger partial charge in [-0.05, 0) is 34.0 Å². The van der Waals surface area contributed by atoms with Crippen molar-refractivity contribution in [3.05, 3.63) is 107 Å². The number of amides is 1. The van der Waals surface area contributed by atoms with Gasteiger partial charge in [0.25, 0.3) is 0 Å². The number of para-hydroxylation sites is 1. The summed E-state index contributed by atoms with van der Waals surface area (Å²) in [4.78, 5) is 14.7. The van der Waals surface area contributed by atoms with E-state index in [-0.39, 0.29) is 0 Å². The molecule has 4 aromatic rings. The zero-order valence-corrected chi connectivity index (χ0v) is 16.8. The van der Waals surface area contributed by atoms with E-state index in [0.717, 1.165) is 17.5 Å². The number of ether oxygens (including phenoxy) is 1. The fourth-order valence-corrected chi connectivity index (χ4v) is 3.89. The van der Waals surface area contributed by atoms with E-state index in [1.165, 1.54) is 5.56 Å². The third-order valence-corrected chi connectivity index (χ3v) is 5.41. The summed E-state index contributed by atoms with van der Waals surface area (Å²) in [6.45, 7) is 1.00. The standard InChI is InChI=1S/C24H21N5O2/c30-24-28(17-19-11-5-2-6-12-19)22(20-13-7-8-14-21(20)31-24)23-25-26-27-29(23)16-15-18-9-3-1-4-10-18/h1-14,22H,15-17H2/t22-/m1/s1. The van der Waals surface area contributed by atoms with Gasteiger partial charge in [-0.3, -0.25) is 4.90 Å². The molecule has 0 aliphatic carbocycles. The number of carbonyl (C=O) groups excluding carboxylic acids is 1. The predicted molar refractivity (Wildman–Crippen MR) is 114 cm³/mol. The highest BCUT2D eigenvalue weighted by Gasteiger charge is 2.38. The molecule has 0 fully saturated rings. The van der Waals surface area contributed by atoms with Crippen LogP contribution in [0.3, 0.4) is 0 Å². The fourth-order valence-electron chi connectivity index (χ4n) is 3.89. The van der Waals surface area contributed by atoms with Gasteiger partial charge in [0.15, 0.2) is 5.82 Å². The monoisotopic (exact) mass is 411 g/mol. The lowest BCUT2D eigenvalue weighted by Crippen LogP contribution is -2.42. The molecule has 1 aromatic heterocycles. The van der Waals surface area contributed by atoms with Crippen molar-refractivity contribution in [3.63, 3.8) is 0 Å². The predicted octanol–water partition coefficient (Wildman–Crippen LogP) is 4.02. The number of rotatable bonds is 6. The van der Waals surface area contributed by atoms with Gasteiger partial charge in [-0.25, -0.2) is 9.48 Å². The zero-order chi connectivity index (χ0) is 21.0. The highest BCUT2D eigenvalue weighted by Crippen LogP contribution is 2.39. The van der Waals surface area contributed by atoms with E-state index >= 15 is 0 Å². The van der Waals surface area contributed by atoms with Crippen LogP contribution in [0.2, 0.25) is 0 Å². The van der Waals surface area contributed by atoms with Crippen molar-refractivity contribution in [2.45, 2.75) is 25.6 Å². The van der Waals surface area contributed by atoms with Crippen LogP contribution >= 0.6 is 0 Å². The maximum atomic E-state index is 13.0. The summed E-state index contributed by atoms with van der Waals surface area (Å²) >= 11 is 0. The Labute approximate surface area is 179 Å². The fraction of sp³-hybridized carbons (Fsp3) is 0.167. The van der Waals surface area contributed by atoms with Crippen LogP contribution in [-0.2, 0) is 19.5 Å². The molecular formula is C24H21N5O2. The molecule has 3 aromatic carbocycles. The number of hydrogen-bond donors (Lipinski definition) is 0. The summed E-state index contributed by atoms with van der Waals surface area (Å²) in [6.07, 6.45) is 0.376. The molecule has 0 radical (unpaired) electrons. The summed E-state index contributed by atoms with van der Waals surface area (Å²) in [5.41, 5.74) is 3.08. The maximum Gasteiger partial charge on any atom is 0.416 e. The smallest absolute Gasteiger partial charge is 0.410 e. The van der Waals surface area contributed by atoms with Gasteiger partial charge in [0.05, 0.1) is 6.54 Å². The number of nitrogens with zero attached hydrogens (tertiary/aromatic N) is 5. The first kappa shape index (κ1) is 19.0. The topological polar surface area (TPSA) is 73.1 Å². The summed E-state index contributed by atoms with van der Waals surface area (Å²) in [5, 5.41) is 12.5. The molecule has 154 valence electrons. The van der Waals surface area contributed by atoms with Gasteiger partial charge < -0.3 is 4.74 Å². The molecule has 7 nitrogen and oxygen atoms in total. The first-order valence-electron chi connectivity index (χ1n) is 10.2. The molecule has 31 heavy (non-hydrogen) atoms. The Kier molecular flexibility index (Phi) is 5.14. The van der Waals surface area contributed by atoms with E-state index in [1.807, 2.05) is 66.7 Å². The third-order valence-electron chi connectivity index (χ3n) is 5.41. The first-order chi connectivity index (χ1) is 15.3. The Morgan fingerprint density at radius 1 is 0.839 bits per heavy atom. The van der Waals surface area contributed by atoms with E-state index in [4.69, 9.17) is 4.74 Å². The molecule has 0 saturated heterocycles. The van der Waals surface area contributed by atoms with Crippen LogP contribution in [-0.4, -0.2) is 31.2 Å². The number of aromatic nitrogens is 4. The lowest BCUT2D eigenvalue weighted by atomic mass is 10.0. The molecule has 1 atom stereocenters. The molecule has 7 heteroatoms. The molecule has 1 amide bonds. The number of fused-ring (bicyclic) bond motifs is 1. The first-order valence-corrected chi connectivity index (χ1v) is 10.2. The zero-order valence-electron chi connectivity index (χ0n) is 16.8. The molecule has 0 spiro atoms. The van der Waals surface area contributed by atoms with Gasteiger partial charge in [-0.15, -0.1) is 5.10 Å². The van der Waals surface area contributed by atoms with Crippen LogP contribution in [0.15, 0.2) is 84.9 Å². The van der Waals surface area contributed by atoms with E-state index in [9.17, 15) is 4.79 Å². The lowest BCUT2D eigenvalue weighted by molar-refractivity contribution is 0.119. The van der Waals surface area contributed by atoms with Crippen LogP contribution in [0.4, 0.5) is 4.79 Å². The molecule has 1 aliphatic rings. The molecular weight excluding hydrogens is 390 g/mol. The number of hydrogen-bond acceptors (Lipinski definition) is 5. The average molecular weight is 411 g/mol. The van der Waals surface area contributed by atoms with Crippen molar-refractivity contribution in [1.29, 1.82) is 0 Å². The van der Waals surface area contributed by atoms with Gasteiger partial charge >= 0.3 is 6.09 Å². The van der Waals surface area contributed by atoms with Crippen LogP contribution in [0, 0.1) is 0 Å². The summed E-state index contributed by atoms with van der Waals surface area (Å²) in [6, 6.07) is 27.2. The van der Waals surface area contributed by atoms with Crippen LogP contribution < -0.4 is 4.74 Å². The maximum absolute atomic E-state index is 13.0. The van der Waals surface area contributed by atoms with E-state index < -0.39 is 12.1 Å². The largest absolute Gasteiger partial charge is 0.416 e. The van der Waals surface area contributed by atoms with Crippen molar-refractivity contribution in [1.82, 2.24) is 25.1 Å². The highest BCUT2D eigenvalue weighted by atomic mass is 16.6. The molecule has 0 saturated carbocycles. The Bertz CT molecular complexity index is 1180. The summed E-state index contributed by atoms with van der Waals surface area (Å²) < 4.78 is 7.41. The van der Waals surface area contributed by atoms with Crippen molar-refractivity contribution < 1.29 is 9.53 Å². The molecule has 1 aliphatic heterocycles. The summed E-state index contributed by atoms with van der Waals surface area (Å²) in [5.74, 6) is 1.16. The van der Waals surface area contributed by atoms with Gasteiger partial charge in [-0.2, -0.15) is 0 Å².